The molecule has 0 radical (unpaired) electrons. The summed E-state index contributed by atoms with van der Waals surface area (Å²) in [4.78, 5) is 4.63. The van der Waals surface area contributed by atoms with Gasteiger partial charge in [-0.3, -0.25) is 4.99 Å². The molecule has 0 aromatic rings. The van der Waals surface area contributed by atoms with Crippen molar-refractivity contribution in [3.8, 4) is 0 Å². The summed E-state index contributed by atoms with van der Waals surface area (Å²) in [5, 5.41) is 6.82. The van der Waals surface area contributed by atoms with Crippen molar-refractivity contribution in [2.75, 3.05) is 26.3 Å². The third-order valence-electron chi connectivity index (χ3n) is 3.32. The molecule has 0 saturated carbocycles. The third-order valence-corrected chi connectivity index (χ3v) is 3.32. The Kier molecular flexibility index (Phi) is 13.7. The number of hydrogen-bond donors (Lipinski definition) is 2. The van der Waals surface area contributed by atoms with E-state index in [0.29, 0.717) is 6.04 Å². The van der Waals surface area contributed by atoms with E-state index in [1.54, 1.807) is 0 Å². The highest BCUT2D eigenvalue weighted by Gasteiger charge is 2.05. The lowest BCUT2D eigenvalue weighted by Gasteiger charge is -2.18. The number of aliphatic imine (C=N–C) groups is 1. The summed E-state index contributed by atoms with van der Waals surface area (Å²) in [7, 11) is 0. The zero-order chi connectivity index (χ0) is 15.9. The van der Waals surface area contributed by atoms with Crippen LogP contribution in [-0.2, 0) is 4.74 Å². The molecular weight excluding hydrogens is 262 g/mol. The van der Waals surface area contributed by atoms with E-state index in [1.165, 1.54) is 19.3 Å². The van der Waals surface area contributed by atoms with Gasteiger partial charge in [0.25, 0.3) is 0 Å². The number of nitrogens with zero attached hydrogens (tertiary/aromatic N) is 1. The van der Waals surface area contributed by atoms with Crippen LogP contribution < -0.4 is 10.6 Å². The van der Waals surface area contributed by atoms with Gasteiger partial charge in [-0.25, -0.2) is 0 Å². The first-order valence-corrected chi connectivity index (χ1v) is 8.72. The van der Waals surface area contributed by atoms with Crippen LogP contribution >= 0.6 is 0 Å². The Bertz CT molecular complexity index is 254. The normalized spacial score (nSPS) is 13.5. The highest BCUT2D eigenvalue weighted by Crippen LogP contribution is 2.08. The lowest BCUT2D eigenvalue weighted by molar-refractivity contribution is 0.144. The van der Waals surface area contributed by atoms with Crippen molar-refractivity contribution in [3.63, 3.8) is 0 Å². The molecule has 4 nitrogen and oxygen atoms in total. The predicted molar refractivity (Wildman–Crippen MR) is 93.0 cm³/mol. The lowest BCUT2D eigenvalue weighted by atomic mass is 10.0. The van der Waals surface area contributed by atoms with Crippen LogP contribution in [0.25, 0.3) is 0 Å². The van der Waals surface area contributed by atoms with Gasteiger partial charge in [-0.2, -0.15) is 0 Å². The highest BCUT2D eigenvalue weighted by molar-refractivity contribution is 5.79. The molecule has 1 unspecified atom stereocenters. The van der Waals surface area contributed by atoms with Gasteiger partial charge in [0.05, 0.1) is 0 Å². The summed E-state index contributed by atoms with van der Waals surface area (Å²) in [6.07, 6.45) is 5.95. The molecular formula is C17H37N3O. The zero-order valence-corrected chi connectivity index (χ0v) is 14.9. The Balaban J connectivity index is 3.92. The Morgan fingerprint density at radius 1 is 1.05 bits per heavy atom. The molecule has 0 rings (SSSR count). The average Bonchev–Trinajstić information content (AvgIpc) is 2.42. The second-order valence-corrected chi connectivity index (χ2v) is 6.03. The summed E-state index contributed by atoms with van der Waals surface area (Å²) in [5.41, 5.74) is 0. The molecule has 0 heterocycles. The molecule has 0 fully saturated rings. The van der Waals surface area contributed by atoms with Gasteiger partial charge in [-0.1, -0.05) is 26.7 Å². The maximum Gasteiger partial charge on any atom is 0.191 e. The molecule has 0 amide bonds. The van der Waals surface area contributed by atoms with Crippen LogP contribution in [0.5, 0.6) is 0 Å². The van der Waals surface area contributed by atoms with Gasteiger partial charge in [0.15, 0.2) is 5.96 Å². The number of ether oxygens (including phenoxy) is 1. The van der Waals surface area contributed by atoms with Crippen molar-refractivity contribution >= 4 is 5.96 Å². The SMILES string of the molecule is CCNC(=NCCCCOCC)NC(C)CCCC(C)C. The Labute approximate surface area is 132 Å². The van der Waals surface area contributed by atoms with Crippen molar-refractivity contribution in [1.29, 1.82) is 0 Å². The van der Waals surface area contributed by atoms with Gasteiger partial charge in [-0.15, -0.1) is 0 Å². The Morgan fingerprint density at radius 2 is 1.81 bits per heavy atom. The lowest BCUT2D eigenvalue weighted by Crippen LogP contribution is -2.42. The number of unbranched alkanes of at least 4 members (excludes halogenated alkanes) is 1. The summed E-state index contributed by atoms with van der Waals surface area (Å²) < 4.78 is 5.34. The first-order chi connectivity index (χ1) is 10.1. The van der Waals surface area contributed by atoms with E-state index >= 15 is 0 Å². The molecule has 4 heteroatoms. The fourth-order valence-corrected chi connectivity index (χ4v) is 2.11. The minimum Gasteiger partial charge on any atom is -0.382 e. The quantitative estimate of drug-likeness (QED) is 0.329. The maximum atomic E-state index is 5.34. The van der Waals surface area contributed by atoms with Crippen LogP contribution in [-0.4, -0.2) is 38.3 Å². The van der Waals surface area contributed by atoms with Gasteiger partial charge in [0, 0.05) is 32.3 Å². The monoisotopic (exact) mass is 299 g/mol. The van der Waals surface area contributed by atoms with Crippen LogP contribution in [0.1, 0.15) is 66.7 Å². The summed E-state index contributed by atoms with van der Waals surface area (Å²) in [6.45, 7) is 14.4. The molecule has 0 saturated heterocycles. The van der Waals surface area contributed by atoms with Gasteiger partial charge >= 0.3 is 0 Å². The molecule has 2 N–H and O–H groups in total. The maximum absolute atomic E-state index is 5.34. The van der Waals surface area contributed by atoms with Crippen LogP contribution in [0, 0.1) is 5.92 Å². The largest absolute Gasteiger partial charge is 0.382 e. The summed E-state index contributed by atoms with van der Waals surface area (Å²) >= 11 is 0. The van der Waals surface area contributed by atoms with E-state index in [-0.39, 0.29) is 0 Å². The first-order valence-electron chi connectivity index (χ1n) is 8.72. The van der Waals surface area contributed by atoms with Gasteiger partial charge in [0.1, 0.15) is 0 Å². The second-order valence-electron chi connectivity index (χ2n) is 6.03. The number of guanidine groups is 1. The van der Waals surface area contributed by atoms with Crippen LogP contribution in [0.3, 0.4) is 0 Å². The fourth-order valence-electron chi connectivity index (χ4n) is 2.11. The fraction of sp³-hybridized carbons (Fsp3) is 0.941. The van der Waals surface area contributed by atoms with E-state index in [2.05, 4.69) is 43.3 Å². The van der Waals surface area contributed by atoms with E-state index < -0.39 is 0 Å². The zero-order valence-electron chi connectivity index (χ0n) is 14.9. The molecule has 21 heavy (non-hydrogen) atoms. The standard InChI is InChI=1S/C17H37N3O/c1-6-18-17(19-13-8-9-14-21-7-2)20-16(5)12-10-11-15(3)4/h15-16H,6-14H2,1-5H3,(H2,18,19,20). The molecule has 0 bridgehead atoms. The Morgan fingerprint density at radius 3 is 2.43 bits per heavy atom. The second kappa shape index (κ2) is 14.2. The molecule has 0 aromatic heterocycles. The van der Waals surface area contributed by atoms with E-state index in [0.717, 1.165) is 51.0 Å². The minimum atomic E-state index is 0.477. The van der Waals surface area contributed by atoms with E-state index in [9.17, 15) is 0 Å². The molecule has 0 aliphatic rings. The van der Waals surface area contributed by atoms with Crippen molar-refractivity contribution in [2.45, 2.75) is 72.8 Å². The average molecular weight is 300 g/mol. The Hall–Kier alpha value is -0.770. The number of rotatable bonds is 12. The molecule has 0 spiro atoms. The summed E-state index contributed by atoms with van der Waals surface area (Å²) in [6, 6.07) is 0.477. The van der Waals surface area contributed by atoms with Crippen LogP contribution in [0.2, 0.25) is 0 Å². The van der Waals surface area contributed by atoms with Crippen molar-refractivity contribution < 1.29 is 4.74 Å². The van der Waals surface area contributed by atoms with Crippen LogP contribution in [0.15, 0.2) is 4.99 Å². The third kappa shape index (κ3) is 13.9. The minimum absolute atomic E-state index is 0.477. The van der Waals surface area contributed by atoms with Crippen molar-refractivity contribution in [3.05, 3.63) is 0 Å². The number of hydrogen-bond acceptors (Lipinski definition) is 2. The first kappa shape index (κ1) is 20.2. The highest BCUT2D eigenvalue weighted by atomic mass is 16.5. The topological polar surface area (TPSA) is 45.7 Å². The van der Waals surface area contributed by atoms with Gasteiger partial charge in [0.2, 0.25) is 0 Å². The van der Waals surface area contributed by atoms with Gasteiger partial charge in [-0.05, 0) is 46.0 Å². The molecule has 1 atom stereocenters. The summed E-state index contributed by atoms with van der Waals surface area (Å²) in [5.74, 6) is 1.75. The molecule has 126 valence electrons. The van der Waals surface area contributed by atoms with Crippen LogP contribution in [0.4, 0.5) is 0 Å². The molecule has 0 aromatic carbocycles. The van der Waals surface area contributed by atoms with Gasteiger partial charge < -0.3 is 15.4 Å². The molecule has 0 aliphatic carbocycles. The number of nitrogens with one attached hydrogen (secondary N) is 2. The predicted octanol–water partition coefficient (Wildman–Crippen LogP) is 3.57. The van der Waals surface area contributed by atoms with E-state index in [1.807, 2.05) is 6.92 Å². The molecule has 0 aliphatic heterocycles. The van der Waals surface area contributed by atoms with E-state index in [4.69, 9.17) is 4.74 Å². The van der Waals surface area contributed by atoms with Crippen molar-refractivity contribution in [2.24, 2.45) is 10.9 Å². The smallest absolute Gasteiger partial charge is 0.191 e. The van der Waals surface area contributed by atoms with Crippen molar-refractivity contribution in [1.82, 2.24) is 10.6 Å².